The first-order chi connectivity index (χ1) is 17.4. The van der Waals surface area contributed by atoms with Gasteiger partial charge in [-0.2, -0.15) is 0 Å². The van der Waals surface area contributed by atoms with Crippen LogP contribution in [0.1, 0.15) is 43.0 Å². The Bertz CT molecular complexity index is 1110. The lowest BCUT2D eigenvalue weighted by Crippen LogP contribution is -2.57. The fraction of sp³-hybridized carbons (Fsp3) is 0.464. The molecule has 3 saturated heterocycles. The maximum absolute atomic E-state index is 13.9. The highest BCUT2D eigenvalue weighted by molar-refractivity contribution is 9.10. The van der Waals surface area contributed by atoms with E-state index in [0.29, 0.717) is 44.1 Å². The van der Waals surface area contributed by atoms with Gasteiger partial charge in [0.15, 0.2) is 0 Å². The van der Waals surface area contributed by atoms with Crippen LogP contribution in [0.15, 0.2) is 59.1 Å². The molecule has 3 fully saturated rings. The molecule has 0 aliphatic carbocycles. The molecule has 8 heteroatoms. The van der Waals surface area contributed by atoms with Crippen LogP contribution in [-0.4, -0.2) is 77.4 Å². The van der Waals surface area contributed by atoms with Gasteiger partial charge in [0, 0.05) is 41.9 Å². The molecule has 5 rings (SSSR count). The number of rotatable bonds is 4. The Hall–Kier alpha value is -2.87. The lowest BCUT2D eigenvalue weighted by atomic mass is 9.85. The fourth-order valence-electron chi connectivity index (χ4n) is 5.70. The second-order valence-electron chi connectivity index (χ2n) is 10.3. The number of halogens is 1. The molecule has 2 aromatic carbocycles. The van der Waals surface area contributed by atoms with Crippen molar-refractivity contribution in [2.75, 3.05) is 44.3 Å². The Labute approximate surface area is 221 Å². The number of piperidine rings is 2. The van der Waals surface area contributed by atoms with Crippen molar-refractivity contribution in [1.29, 1.82) is 0 Å². The zero-order valence-corrected chi connectivity index (χ0v) is 22.3. The minimum absolute atomic E-state index is 0.000760. The summed E-state index contributed by atoms with van der Waals surface area (Å²) >= 11 is 3.42. The molecule has 0 radical (unpaired) electrons. The summed E-state index contributed by atoms with van der Waals surface area (Å²) in [4.78, 5) is 47.8. The minimum atomic E-state index is -0.742. The van der Waals surface area contributed by atoms with Crippen LogP contribution in [0.25, 0.3) is 0 Å². The first-order valence-corrected chi connectivity index (χ1v) is 13.6. The first kappa shape index (κ1) is 24.8. The van der Waals surface area contributed by atoms with Gasteiger partial charge in [-0.1, -0.05) is 41.1 Å². The third kappa shape index (κ3) is 4.75. The summed E-state index contributed by atoms with van der Waals surface area (Å²) in [6.45, 7) is 5.25. The van der Waals surface area contributed by atoms with Crippen LogP contribution in [-0.2, 0) is 9.59 Å². The van der Waals surface area contributed by atoms with Gasteiger partial charge in [-0.3, -0.25) is 14.4 Å². The van der Waals surface area contributed by atoms with Crippen molar-refractivity contribution in [2.45, 2.75) is 38.1 Å². The molecule has 3 amide bonds. The van der Waals surface area contributed by atoms with Gasteiger partial charge in [-0.05, 0) is 68.0 Å². The van der Waals surface area contributed by atoms with Crippen molar-refractivity contribution in [3.8, 4) is 0 Å². The zero-order valence-electron chi connectivity index (χ0n) is 20.7. The molecular formula is C28H33BrN4O3. The first-order valence-electron chi connectivity index (χ1n) is 12.8. The number of hydrogen-bond donors (Lipinski definition) is 0. The fourth-order valence-corrected chi connectivity index (χ4v) is 5.96. The Morgan fingerprint density at radius 1 is 0.917 bits per heavy atom. The van der Waals surface area contributed by atoms with Gasteiger partial charge in [0.05, 0.1) is 6.67 Å². The van der Waals surface area contributed by atoms with E-state index in [2.05, 4.69) is 27.8 Å². The predicted octanol–water partition coefficient (Wildman–Crippen LogP) is 3.99. The predicted molar refractivity (Wildman–Crippen MR) is 142 cm³/mol. The summed E-state index contributed by atoms with van der Waals surface area (Å²) in [7, 11) is 0. The molecule has 3 heterocycles. The molecule has 2 aromatic rings. The van der Waals surface area contributed by atoms with E-state index >= 15 is 0 Å². The highest BCUT2D eigenvalue weighted by atomic mass is 79.9. The van der Waals surface area contributed by atoms with E-state index < -0.39 is 5.54 Å². The number of hydrogen-bond acceptors (Lipinski definition) is 4. The number of benzene rings is 2. The molecule has 190 valence electrons. The van der Waals surface area contributed by atoms with E-state index in [-0.39, 0.29) is 24.3 Å². The van der Waals surface area contributed by atoms with Crippen molar-refractivity contribution in [3.05, 3.63) is 64.6 Å². The SMILES string of the molecule is CC1CCN(C(=O)CN2CN(c3ccccc3)C3(CCN(C(=O)c4ccc(Br)cc4)CC3)C2=O)CC1. The Morgan fingerprint density at radius 3 is 2.19 bits per heavy atom. The summed E-state index contributed by atoms with van der Waals surface area (Å²) in [5.41, 5.74) is 0.879. The van der Waals surface area contributed by atoms with E-state index in [0.717, 1.165) is 36.1 Å². The van der Waals surface area contributed by atoms with Gasteiger partial charge in [0.2, 0.25) is 5.91 Å². The molecular weight excluding hydrogens is 520 g/mol. The average Bonchev–Trinajstić information content (AvgIpc) is 3.16. The van der Waals surface area contributed by atoms with E-state index in [1.807, 2.05) is 64.4 Å². The Balaban J connectivity index is 1.33. The number of anilines is 1. The molecule has 0 aromatic heterocycles. The number of carbonyl (C=O) groups is 3. The van der Waals surface area contributed by atoms with Gasteiger partial charge in [0.25, 0.3) is 11.8 Å². The van der Waals surface area contributed by atoms with E-state index in [1.165, 1.54) is 0 Å². The monoisotopic (exact) mass is 552 g/mol. The maximum Gasteiger partial charge on any atom is 0.253 e. The molecule has 1 spiro atoms. The van der Waals surface area contributed by atoms with Crippen molar-refractivity contribution >= 4 is 39.3 Å². The topological polar surface area (TPSA) is 64.2 Å². The third-order valence-electron chi connectivity index (χ3n) is 8.01. The molecule has 36 heavy (non-hydrogen) atoms. The normalized spacial score (nSPS) is 20.3. The van der Waals surface area contributed by atoms with E-state index in [1.54, 1.807) is 4.90 Å². The van der Waals surface area contributed by atoms with Crippen molar-refractivity contribution in [3.63, 3.8) is 0 Å². The van der Waals surface area contributed by atoms with Crippen LogP contribution in [0, 0.1) is 5.92 Å². The van der Waals surface area contributed by atoms with Crippen LogP contribution in [0.3, 0.4) is 0 Å². The summed E-state index contributed by atoms with van der Waals surface area (Å²) in [6.07, 6.45) is 3.10. The highest BCUT2D eigenvalue weighted by Crippen LogP contribution is 2.39. The number of amides is 3. The maximum atomic E-state index is 13.9. The Kier molecular flexibility index (Phi) is 7.06. The quantitative estimate of drug-likeness (QED) is 0.575. The molecule has 0 atom stereocenters. The molecule has 0 unspecified atom stereocenters. The minimum Gasteiger partial charge on any atom is -0.341 e. The number of carbonyl (C=O) groups excluding carboxylic acids is 3. The number of likely N-dealkylation sites (tertiary alicyclic amines) is 2. The van der Waals surface area contributed by atoms with Gasteiger partial charge in [-0.25, -0.2) is 0 Å². The van der Waals surface area contributed by atoms with Gasteiger partial charge in [-0.15, -0.1) is 0 Å². The van der Waals surface area contributed by atoms with E-state index in [4.69, 9.17) is 0 Å². The molecule has 3 aliphatic rings. The third-order valence-corrected chi connectivity index (χ3v) is 8.54. The van der Waals surface area contributed by atoms with Gasteiger partial charge < -0.3 is 19.6 Å². The molecule has 0 bridgehead atoms. The lowest BCUT2D eigenvalue weighted by molar-refractivity contribution is -0.141. The van der Waals surface area contributed by atoms with Crippen LogP contribution in [0.5, 0.6) is 0 Å². The number of para-hydroxylation sites is 1. The molecule has 0 N–H and O–H groups in total. The zero-order chi connectivity index (χ0) is 25.3. The van der Waals surface area contributed by atoms with Gasteiger partial charge >= 0.3 is 0 Å². The van der Waals surface area contributed by atoms with Crippen molar-refractivity contribution < 1.29 is 14.4 Å². The average molecular weight is 554 g/mol. The van der Waals surface area contributed by atoms with E-state index in [9.17, 15) is 14.4 Å². The molecule has 7 nitrogen and oxygen atoms in total. The van der Waals surface area contributed by atoms with Crippen LogP contribution in [0.2, 0.25) is 0 Å². The van der Waals surface area contributed by atoms with Gasteiger partial charge in [0.1, 0.15) is 12.1 Å². The highest BCUT2D eigenvalue weighted by Gasteiger charge is 2.54. The summed E-state index contributed by atoms with van der Waals surface area (Å²) < 4.78 is 0.931. The lowest BCUT2D eigenvalue weighted by Gasteiger charge is -2.43. The summed E-state index contributed by atoms with van der Waals surface area (Å²) in [6, 6.07) is 17.3. The van der Waals surface area contributed by atoms with Crippen LogP contribution in [0.4, 0.5) is 5.69 Å². The second kappa shape index (κ2) is 10.2. The second-order valence-corrected chi connectivity index (χ2v) is 11.2. The number of nitrogens with zero attached hydrogens (tertiary/aromatic N) is 4. The molecule has 0 saturated carbocycles. The van der Waals surface area contributed by atoms with Crippen molar-refractivity contribution in [1.82, 2.24) is 14.7 Å². The molecule has 3 aliphatic heterocycles. The van der Waals surface area contributed by atoms with Crippen LogP contribution < -0.4 is 4.90 Å². The van der Waals surface area contributed by atoms with Crippen LogP contribution >= 0.6 is 15.9 Å². The smallest absolute Gasteiger partial charge is 0.253 e. The summed E-state index contributed by atoms with van der Waals surface area (Å²) in [5, 5.41) is 0. The van der Waals surface area contributed by atoms with Crippen molar-refractivity contribution in [2.24, 2.45) is 5.92 Å². The summed E-state index contributed by atoms with van der Waals surface area (Å²) in [5.74, 6) is 0.661. The standard InChI is InChI=1S/C28H33BrN4O3/c1-21-11-15-30(16-12-21)25(34)19-32-20-33(24-5-3-2-4-6-24)28(27(32)36)13-17-31(18-14-28)26(35)22-7-9-23(29)10-8-22/h2-10,21H,11-20H2,1H3. The largest absolute Gasteiger partial charge is 0.341 e. The Morgan fingerprint density at radius 2 is 1.56 bits per heavy atom.